The Hall–Kier alpha value is -4.13. The standard InChI is InChI=1S/C20H15ClN6O9S2/c21-18-23-19(22-13-7-4-12(5-8-13)17(28)36-29)25-20(24-18)26-27(38(33,34)35)16-3-1-2-11-6-9-14(10-15(11)16)37(30,31)32/h1-10,29H,(H,30,31,32)(H,33,34,35)(H2,22,23,24,25,26). The molecule has 0 radical (unpaired) electrons. The van der Waals surface area contributed by atoms with Gasteiger partial charge in [-0.2, -0.15) is 41.5 Å². The van der Waals surface area contributed by atoms with Crippen molar-refractivity contribution in [3.05, 3.63) is 71.5 Å². The molecule has 4 aromatic rings. The molecule has 0 aliphatic rings. The largest absolute Gasteiger partial charge is 0.377 e. The van der Waals surface area contributed by atoms with Crippen LogP contribution < -0.4 is 15.2 Å². The van der Waals surface area contributed by atoms with Gasteiger partial charge in [0.25, 0.3) is 10.1 Å². The summed E-state index contributed by atoms with van der Waals surface area (Å²) in [5, 5.41) is 11.2. The Morgan fingerprint density at radius 2 is 1.61 bits per heavy atom. The Balaban J connectivity index is 1.71. The predicted molar refractivity (Wildman–Crippen MR) is 134 cm³/mol. The molecule has 0 saturated carbocycles. The Morgan fingerprint density at radius 1 is 0.921 bits per heavy atom. The number of hydrogen-bond acceptors (Lipinski definition) is 12. The maximum atomic E-state index is 12.3. The van der Waals surface area contributed by atoms with Crippen LogP contribution in [-0.2, 0) is 25.3 Å². The molecule has 0 amide bonds. The van der Waals surface area contributed by atoms with Gasteiger partial charge < -0.3 is 5.32 Å². The van der Waals surface area contributed by atoms with Gasteiger partial charge >= 0.3 is 16.3 Å². The third-order valence-corrected chi connectivity index (χ3v) is 6.62. The van der Waals surface area contributed by atoms with Gasteiger partial charge in [0.15, 0.2) is 0 Å². The second-order valence-corrected chi connectivity index (χ2v) is 10.3. The third kappa shape index (κ3) is 6.05. The van der Waals surface area contributed by atoms with Crippen molar-refractivity contribution in [2.24, 2.45) is 0 Å². The summed E-state index contributed by atoms with van der Waals surface area (Å²) in [5.74, 6) is -1.60. The van der Waals surface area contributed by atoms with Crippen LogP contribution in [0.1, 0.15) is 10.4 Å². The quantitative estimate of drug-likeness (QED) is 0.114. The fourth-order valence-electron chi connectivity index (χ4n) is 3.23. The number of anilines is 4. The molecule has 0 aliphatic carbocycles. The molecule has 0 fully saturated rings. The highest BCUT2D eigenvalue weighted by molar-refractivity contribution is 7.87. The average molecular weight is 583 g/mol. The number of hydrogen-bond donors (Lipinski definition) is 5. The van der Waals surface area contributed by atoms with Crippen LogP contribution in [0, 0.1) is 0 Å². The lowest BCUT2D eigenvalue weighted by molar-refractivity contribution is -0.182. The molecule has 0 spiro atoms. The molecule has 18 heteroatoms. The van der Waals surface area contributed by atoms with Crippen LogP contribution in [0.25, 0.3) is 10.8 Å². The smallest absolute Gasteiger partial charge is 0.324 e. The zero-order valence-electron chi connectivity index (χ0n) is 18.5. The Labute approximate surface area is 219 Å². The van der Waals surface area contributed by atoms with E-state index >= 15 is 0 Å². The molecule has 4 rings (SSSR count). The number of nitrogens with one attached hydrogen (secondary N) is 2. The molecule has 1 heterocycles. The van der Waals surface area contributed by atoms with E-state index in [1.54, 1.807) is 6.07 Å². The van der Waals surface area contributed by atoms with Crippen LogP contribution in [0.4, 0.5) is 23.3 Å². The van der Waals surface area contributed by atoms with Crippen LogP contribution in [0.5, 0.6) is 0 Å². The van der Waals surface area contributed by atoms with E-state index in [0.29, 0.717) is 11.1 Å². The number of carbonyl (C=O) groups is 1. The third-order valence-electron chi connectivity index (χ3n) is 4.85. The average Bonchev–Trinajstić information content (AvgIpc) is 2.85. The Morgan fingerprint density at radius 3 is 2.24 bits per heavy atom. The maximum Gasteiger partial charge on any atom is 0.377 e. The minimum Gasteiger partial charge on any atom is -0.324 e. The summed E-state index contributed by atoms with van der Waals surface area (Å²) in [7, 11) is -9.70. The van der Waals surface area contributed by atoms with Gasteiger partial charge in [0.1, 0.15) is 0 Å². The lowest BCUT2D eigenvalue weighted by Gasteiger charge is -2.23. The van der Waals surface area contributed by atoms with Gasteiger partial charge in [-0.15, -0.1) is 0 Å². The number of nitrogens with zero attached hydrogens (tertiary/aromatic N) is 4. The first-order chi connectivity index (χ1) is 17.8. The van der Waals surface area contributed by atoms with Gasteiger partial charge in [-0.25, -0.2) is 10.2 Å². The highest BCUT2D eigenvalue weighted by Crippen LogP contribution is 2.31. The molecule has 5 N–H and O–H groups in total. The molecule has 0 unspecified atom stereocenters. The van der Waals surface area contributed by atoms with Crippen molar-refractivity contribution in [1.82, 2.24) is 15.0 Å². The lowest BCUT2D eigenvalue weighted by Crippen LogP contribution is -2.36. The Bertz CT molecular complexity index is 1750. The van der Waals surface area contributed by atoms with E-state index in [-0.39, 0.29) is 32.3 Å². The SMILES string of the molecule is O=C(OO)c1ccc(Nc2nc(Cl)nc(NN(c3cccc4ccc(S(=O)(=O)O)cc34)S(=O)(=O)O)n2)cc1. The van der Waals surface area contributed by atoms with Crippen LogP contribution in [0.15, 0.2) is 65.6 Å². The highest BCUT2D eigenvalue weighted by Gasteiger charge is 2.25. The first-order valence-electron chi connectivity index (χ1n) is 10.0. The second kappa shape index (κ2) is 10.3. The van der Waals surface area contributed by atoms with E-state index in [0.717, 1.165) is 12.1 Å². The van der Waals surface area contributed by atoms with Crippen LogP contribution in [0.2, 0.25) is 5.28 Å². The van der Waals surface area contributed by atoms with E-state index in [9.17, 15) is 30.7 Å². The number of halogens is 1. The van der Waals surface area contributed by atoms with E-state index in [2.05, 4.69) is 30.6 Å². The highest BCUT2D eigenvalue weighted by atomic mass is 35.5. The van der Waals surface area contributed by atoms with E-state index in [1.165, 1.54) is 42.5 Å². The van der Waals surface area contributed by atoms with Crippen molar-refractivity contribution in [3.63, 3.8) is 0 Å². The molecule has 0 aliphatic heterocycles. The van der Waals surface area contributed by atoms with Crippen molar-refractivity contribution in [2.75, 3.05) is 15.2 Å². The molecule has 198 valence electrons. The normalized spacial score (nSPS) is 11.7. The van der Waals surface area contributed by atoms with Crippen molar-refractivity contribution in [1.29, 1.82) is 0 Å². The molecule has 3 aromatic carbocycles. The fourth-order valence-corrected chi connectivity index (χ4v) is 4.50. The van der Waals surface area contributed by atoms with Crippen LogP contribution in [-0.4, -0.2) is 52.1 Å². The summed E-state index contributed by atoms with van der Waals surface area (Å²) in [6.45, 7) is 0. The molecular weight excluding hydrogens is 568 g/mol. The van der Waals surface area contributed by atoms with Gasteiger partial charge in [0.2, 0.25) is 17.2 Å². The fraction of sp³-hybridized carbons (Fsp3) is 0. The van der Waals surface area contributed by atoms with Gasteiger partial charge in [0.05, 0.1) is 16.1 Å². The number of hydrazine groups is 1. The topological polar surface area (TPSA) is 221 Å². The van der Waals surface area contributed by atoms with Gasteiger partial charge in [-0.05, 0) is 59.5 Å². The number of fused-ring (bicyclic) bond motifs is 1. The van der Waals surface area contributed by atoms with Gasteiger partial charge in [-0.3, -0.25) is 14.0 Å². The molecule has 15 nitrogen and oxygen atoms in total. The minimum atomic E-state index is -5.07. The predicted octanol–water partition coefficient (Wildman–Crippen LogP) is 2.93. The molecule has 1 aromatic heterocycles. The Kier molecular flexibility index (Phi) is 7.31. The van der Waals surface area contributed by atoms with E-state index in [1.807, 2.05) is 0 Å². The first kappa shape index (κ1) is 26.9. The molecule has 0 atom stereocenters. The first-order valence-corrected chi connectivity index (χ1v) is 13.3. The second-order valence-electron chi connectivity index (χ2n) is 7.32. The summed E-state index contributed by atoms with van der Waals surface area (Å²) in [4.78, 5) is 26.1. The number of carbonyl (C=O) groups excluding carboxylic acids is 1. The van der Waals surface area contributed by atoms with Crippen molar-refractivity contribution in [3.8, 4) is 0 Å². The summed E-state index contributed by atoms with van der Waals surface area (Å²) < 4.78 is 67.5. The zero-order valence-corrected chi connectivity index (χ0v) is 20.9. The molecule has 0 saturated heterocycles. The summed E-state index contributed by atoms with van der Waals surface area (Å²) >= 11 is 5.96. The summed E-state index contributed by atoms with van der Waals surface area (Å²) in [6.07, 6.45) is 0. The minimum absolute atomic E-state index is 0.0211. The van der Waals surface area contributed by atoms with E-state index in [4.69, 9.17) is 16.9 Å². The monoisotopic (exact) mass is 582 g/mol. The van der Waals surface area contributed by atoms with Crippen LogP contribution in [0.3, 0.4) is 0 Å². The maximum absolute atomic E-state index is 12.3. The number of rotatable bonds is 8. The molecular formula is C20H15ClN6O9S2. The number of aromatic nitrogens is 3. The summed E-state index contributed by atoms with van der Waals surface area (Å²) in [5.41, 5.74) is 2.45. The van der Waals surface area contributed by atoms with Gasteiger partial charge in [0, 0.05) is 11.1 Å². The van der Waals surface area contributed by atoms with Crippen molar-refractivity contribution in [2.45, 2.75) is 4.90 Å². The van der Waals surface area contributed by atoms with E-state index < -0.39 is 37.2 Å². The molecule has 38 heavy (non-hydrogen) atoms. The van der Waals surface area contributed by atoms with Crippen LogP contribution >= 0.6 is 11.6 Å². The summed E-state index contributed by atoms with van der Waals surface area (Å²) in [6, 6.07) is 13.2. The lowest BCUT2D eigenvalue weighted by atomic mass is 10.1. The number of benzene rings is 3. The van der Waals surface area contributed by atoms with Crippen molar-refractivity contribution < 1.29 is 40.9 Å². The molecule has 0 bridgehead atoms. The zero-order chi connectivity index (χ0) is 27.7. The van der Waals surface area contributed by atoms with Crippen molar-refractivity contribution >= 4 is 72.0 Å². The van der Waals surface area contributed by atoms with Gasteiger partial charge in [-0.1, -0.05) is 18.2 Å².